The molecular formula is C13H20ClN3O2S. The van der Waals surface area contributed by atoms with E-state index in [1.54, 1.807) is 7.11 Å². The van der Waals surface area contributed by atoms with E-state index in [9.17, 15) is 4.79 Å². The van der Waals surface area contributed by atoms with Gasteiger partial charge in [0.15, 0.2) is 5.11 Å². The molecule has 0 aromatic rings. The SMILES string of the molecule is COC[C@]1(C(N)=O)CCC2=C1NC(=S)N(CCCl)CC2. The van der Waals surface area contributed by atoms with E-state index in [1.807, 2.05) is 4.90 Å². The van der Waals surface area contributed by atoms with Crippen molar-refractivity contribution in [2.45, 2.75) is 19.3 Å². The third-order valence-corrected chi connectivity index (χ3v) is 4.63. The van der Waals surface area contributed by atoms with Crippen molar-refractivity contribution in [3.05, 3.63) is 11.3 Å². The smallest absolute Gasteiger partial charge is 0.231 e. The van der Waals surface area contributed by atoms with Gasteiger partial charge in [-0.25, -0.2) is 0 Å². The molecule has 1 aliphatic heterocycles. The molecule has 0 aromatic heterocycles. The predicted molar refractivity (Wildman–Crippen MR) is 82.4 cm³/mol. The van der Waals surface area contributed by atoms with Crippen LogP contribution in [0, 0.1) is 5.41 Å². The first-order valence-electron chi connectivity index (χ1n) is 6.68. The summed E-state index contributed by atoms with van der Waals surface area (Å²) in [7, 11) is 1.58. The van der Waals surface area contributed by atoms with Crippen LogP contribution in [-0.2, 0) is 9.53 Å². The zero-order chi connectivity index (χ0) is 14.8. The molecule has 20 heavy (non-hydrogen) atoms. The molecule has 1 amide bonds. The van der Waals surface area contributed by atoms with Crippen molar-refractivity contribution in [1.82, 2.24) is 10.2 Å². The molecule has 0 radical (unpaired) electrons. The highest BCUT2D eigenvalue weighted by atomic mass is 35.5. The number of methoxy groups -OCH3 is 1. The maximum Gasteiger partial charge on any atom is 0.231 e. The highest BCUT2D eigenvalue weighted by molar-refractivity contribution is 7.80. The number of ether oxygens (including phenoxy) is 1. The van der Waals surface area contributed by atoms with E-state index in [0.29, 0.717) is 24.0 Å². The van der Waals surface area contributed by atoms with Crippen molar-refractivity contribution in [1.29, 1.82) is 0 Å². The Morgan fingerprint density at radius 3 is 2.95 bits per heavy atom. The number of carbonyl (C=O) groups is 1. The van der Waals surface area contributed by atoms with Crippen molar-refractivity contribution in [2.24, 2.45) is 11.1 Å². The number of hydrogen-bond donors (Lipinski definition) is 2. The second kappa shape index (κ2) is 6.28. The van der Waals surface area contributed by atoms with Crippen LogP contribution in [0.15, 0.2) is 11.3 Å². The Balaban J connectivity index is 2.28. The van der Waals surface area contributed by atoms with Crippen molar-refractivity contribution in [2.75, 3.05) is 32.7 Å². The molecule has 7 heteroatoms. The third-order valence-electron chi connectivity index (χ3n) is 4.11. The Morgan fingerprint density at radius 1 is 1.60 bits per heavy atom. The first-order valence-corrected chi connectivity index (χ1v) is 7.62. The molecule has 112 valence electrons. The number of amides is 1. The lowest BCUT2D eigenvalue weighted by Gasteiger charge is -2.30. The minimum Gasteiger partial charge on any atom is -0.383 e. The second-order valence-corrected chi connectivity index (χ2v) is 5.98. The highest BCUT2D eigenvalue weighted by Crippen LogP contribution is 2.43. The quantitative estimate of drug-likeness (QED) is 0.584. The first kappa shape index (κ1) is 15.5. The lowest BCUT2D eigenvalue weighted by atomic mass is 9.84. The minimum absolute atomic E-state index is 0.284. The minimum atomic E-state index is -0.773. The summed E-state index contributed by atoms with van der Waals surface area (Å²) in [4.78, 5) is 14.0. The van der Waals surface area contributed by atoms with E-state index >= 15 is 0 Å². The van der Waals surface area contributed by atoms with Crippen LogP contribution in [0.1, 0.15) is 19.3 Å². The number of nitrogens with one attached hydrogen (secondary N) is 1. The molecule has 5 nitrogen and oxygen atoms in total. The molecule has 1 heterocycles. The van der Waals surface area contributed by atoms with Crippen LogP contribution >= 0.6 is 23.8 Å². The van der Waals surface area contributed by atoms with Crippen molar-refractivity contribution < 1.29 is 9.53 Å². The van der Waals surface area contributed by atoms with Crippen LogP contribution < -0.4 is 11.1 Å². The molecule has 2 aliphatic rings. The standard InChI is InChI=1S/C13H20ClN3O2S/c1-19-8-13(11(15)18)4-2-9-3-6-17(7-5-14)12(20)16-10(9)13/h2-8H2,1H3,(H2,15,18)(H,16,20)/t13-/m1/s1. The topological polar surface area (TPSA) is 67.6 Å². The number of halogens is 1. The van der Waals surface area contributed by atoms with Crippen LogP contribution in [0.3, 0.4) is 0 Å². The molecule has 3 N–H and O–H groups in total. The number of carbonyl (C=O) groups excluding carboxylic acids is 1. The van der Waals surface area contributed by atoms with Gasteiger partial charge in [0.05, 0.1) is 6.61 Å². The fourth-order valence-electron chi connectivity index (χ4n) is 2.99. The number of nitrogens with zero attached hydrogens (tertiary/aromatic N) is 1. The summed E-state index contributed by atoms with van der Waals surface area (Å²) in [6.45, 7) is 1.80. The zero-order valence-electron chi connectivity index (χ0n) is 11.6. The highest BCUT2D eigenvalue weighted by Gasteiger charge is 2.47. The summed E-state index contributed by atoms with van der Waals surface area (Å²) in [5, 5.41) is 3.84. The van der Waals surface area contributed by atoms with Gasteiger partial charge in [0, 0.05) is 31.8 Å². The lowest BCUT2D eigenvalue weighted by molar-refractivity contribution is -0.128. The Bertz CT molecular complexity index is 455. The molecule has 0 spiro atoms. The van der Waals surface area contributed by atoms with Crippen molar-refractivity contribution in [3.63, 3.8) is 0 Å². The average molecular weight is 318 g/mol. The predicted octanol–water partition coefficient (Wildman–Crippen LogP) is 0.971. The van der Waals surface area contributed by atoms with Gasteiger partial charge in [-0.15, -0.1) is 11.6 Å². The van der Waals surface area contributed by atoms with Gasteiger partial charge in [-0.05, 0) is 37.1 Å². The van der Waals surface area contributed by atoms with Crippen LogP contribution in [0.5, 0.6) is 0 Å². The Morgan fingerprint density at radius 2 is 2.35 bits per heavy atom. The molecule has 0 saturated heterocycles. The number of rotatable bonds is 5. The molecule has 0 unspecified atom stereocenters. The normalized spacial score (nSPS) is 26.3. The summed E-state index contributed by atoms with van der Waals surface area (Å²) < 4.78 is 5.24. The summed E-state index contributed by atoms with van der Waals surface area (Å²) in [5.74, 6) is 0.163. The van der Waals surface area contributed by atoms with Gasteiger partial charge in [-0.3, -0.25) is 4.79 Å². The van der Waals surface area contributed by atoms with E-state index in [-0.39, 0.29) is 12.5 Å². The van der Waals surface area contributed by atoms with Crippen LogP contribution in [0.4, 0.5) is 0 Å². The number of hydrogen-bond acceptors (Lipinski definition) is 3. The maximum atomic E-state index is 12.0. The summed E-state index contributed by atoms with van der Waals surface area (Å²) in [6.07, 6.45) is 2.41. The van der Waals surface area contributed by atoms with E-state index in [4.69, 9.17) is 34.3 Å². The van der Waals surface area contributed by atoms with Gasteiger partial charge >= 0.3 is 0 Å². The monoisotopic (exact) mass is 317 g/mol. The number of alkyl halides is 1. The van der Waals surface area contributed by atoms with E-state index in [1.165, 1.54) is 5.57 Å². The lowest BCUT2D eigenvalue weighted by Crippen LogP contribution is -2.48. The molecule has 0 saturated carbocycles. The molecular weight excluding hydrogens is 298 g/mol. The number of thiocarbonyl (C=S) groups is 1. The van der Waals surface area contributed by atoms with Crippen LogP contribution in [-0.4, -0.2) is 48.6 Å². The first-order chi connectivity index (χ1) is 9.55. The Kier molecular flexibility index (Phi) is 4.88. The van der Waals surface area contributed by atoms with E-state index in [2.05, 4.69) is 5.32 Å². The summed E-state index contributed by atoms with van der Waals surface area (Å²) in [6, 6.07) is 0. The van der Waals surface area contributed by atoms with E-state index in [0.717, 1.165) is 25.1 Å². The van der Waals surface area contributed by atoms with Gasteiger partial charge in [0.1, 0.15) is 5.41 Å². The molecule has 1 aliphatic carbocycles. The second-order valence-electron chi connectivity index (χ2n) is 5.21. The molecule has 1 atom stereocenters. The van der Waals surface area contributed by atoms with Gasteiger partial charge in [0.25, 0.3) is 0 Å². The van der Waals surface area contributed by atoms with Gasteiger partial charge < -0.3 is 20.7 Å². The molecule has 2 rings (SSSR count). The number of nitrogens with two attached hydrogens (primary N) is 1. The van der Waals surface area contributed by atoms with Crippen molar-refractivity contribution in [3.8, 4) is 0 Å². The van der Waals surface area contributed by atoms with Gasteiger partial charge in [-0.1, -0.05) is 0 Å². The zero-order valence-corrected chi connectivity index (χ0v) is 13.1. The largest absolute Gasteiger partial charge is 0.383 e. The van der Waals surface area contributed by atoms with E-state index < -0.39 is 5.41 Å². The molecule has 0 fully saturated rings. The Hall–Kier alpha value is -0.850. The van der Waals surface area contributed by atoms with Crippen LogP contribution in [0.25, 0.3) is 0 Å². The van der Waals surface area contributed by atoms with Gasteiger partial charge in [0.2, 0.25) is 5.91 Å². The third kappa shape index (κ3) is 2.64. The van der Waals surface area contributed by atoms with Crippen LogP contribution in [0.2, 0.25) is 0 Å². The fourth-order valence-corrected chi connectivity index (χ4v) is 3.48. The summed E-state index contributed by atoms with van der Waals surface area (Å²) >= 11 is 11.2. The summed E-state index contributed by atoms with van der Waals surface area (Å²) in [5.41, 5.74) is 6.95. The average Bonchev–Trinajstić information content (AvgIpc) is 2.66. The number of primary amides is 1. The molecule has 0 bridgehead atoms. The Labute approximate surface area is 129 Å². The fraction of sp³-hybridized carbons (Fsp3) is 0.692. The maximum absolute atomic E-state index is 12.0. The van der Waals surface area contributed by atoms with Gasteiger partial charge in [-0.2, -0.15) is 0 Å². The molecule has 0 aromatic carbocycles. The van der Waals surface area contributed by atoms with Crippen molar-refractivity contribution >= 4 is 34.8 Å².